The summed E-state index contributed by atoms with van der Waals surface area (Å²) in [6.45, 7) is 6.17. The van der Waals surface area contributed by atoms with Crippen molar-refractivity contribution in [2.75, 3.05) is 7.11 Å². The van der Waals surface area contributed by atoms with Crippen molar-refractivity contribution in [2.45, 2.75) is 39.0 Å². The van der Waals surface area contributed by atoms with Crippen LogP contribution in [0.1, 0.15) is 49.3 Å². The zero-order valence-corrected chi connectivity index (χ0v) is 18.7. The molecule has 31 heavy (non-hydrogen) atoms. The lowest BCUT2D eigenvalue weighted by Gasteiger charge is -2.12. The van der Waals surface area contributed by atoms with Crippen LogP contribution in [-0.2, 0) is 6.42 Å². The van der Waals surface area contributed by atoms with Crippen molar-refractivity contribution in [1.82, 2.24) is 5.32 Å². The van der Waals surface area contributed by atoms with E-state index in [1.54, 1.807) is 13.2 Å². The zero-order valence-electron chi connectivity index (χ0n) is 17.9. The van der Waals surface area contributed by atoms with Gasteiger partial charge in [-0.1, -0.05) is 45.0 Å². The first-order valence-corrected chi connectivity index (χ1v) is 10.8. The normalized spacial score (nSPS) is 10.8. The van der Waals surface area contributed by atoms with Crippen molar-refractivity contribution in [2.24, 2.45) is 0 Å². The van der Waals surface area contributed by atoms with Gasteiger partial charge in [-0.3, -0.25) is 0 Å². The fourth-order valence-electron chi connectivity index (χ4n) is 3.37. The highest BCUT2D eigenvalue weighted by Gasteiger charge is 2.14. The molecule has 3 aromatic rings. The van der Waals surface area contributed by atoms with E-state index in [4.69, 9.17) is 21.4 Å². The van der Waals surface area contributed by atoms with Crippen LogP contribution in [0.15, 0.2) is 58.3 Å². The van der Waals surface area contributed by atoms with Gasteiger partial charge in [-0.25, -0.2) is 4.79 Å². The highest BCUT2D eigenvalue weighted by molar-refractivity contribution is 7.80. The number of nitrogens with one attached hydrogen (secondary N) is 1. The molecule has 0 saturated heterocycles. The Morgan fingerprint density at radius 1 is 1.16 bits per heavy atom. The van der Waals surface area contributed by atoms with Gasteiger partial charge in [-0.15, -0.1) is 0 Å². The Balaban J connectivity index is 1.82. The van der Waals surface area contributed by atoms with Crippen molar-refractivity contribution in [3.8, 4) is 11.5 Å². The van der Waals surface area contributed by atoms with E-state index in [-0.39, 0.29) is 16.3 Å². The van der Waals surface area contributed by atoms with Crippen LogP contribution in [0, 0.1) is 0 Å². The predicted octanol–water partition coefficient (Wildman–Crippen LogP) is 5.57. The molecule has 0 aliphatic heterocycles. The summed E-state index contributed by atoms with van der Waals surface area (Å²) in [6, 6.07) is 12.4. The Labute approximate surface area is 187 Å². The van der Waals surface area contributed by atoms with E-state index in [1.165, 1.54) is 12.5 Å². The molecule has 2 aromatic carbocycles. The Bertz CT molecular complexity index is 1150. The minimum absolute atomic E-state index is 0.147. The summed E-state index contributed by atoms with van der Waals surface area (Å²) in [5.74, 6) is 0.886. The third-order valence-electron chi connectivity index (χ3n) is 5.18. The van der Waals surface area contributed by atoms with E-state index in [0.717, 1.165) is 47.9 Å². The average molecular weight is 438 g/mol. The SMILES string of the molecule is C=C(NC(=S)c1cc2cc(CCCCCC)c(O)cc2oc1=O)c1ccc(OC)cc1. The monoisotopic (exact) mass is 437 g/mol. The van der Waals surface area contributed by atoms with Gasteiger partial charge in [-0.2, -0.15) is 0 Å². The molecule has 0 radical (unpaired) electrons. The lowest BCUT2D eigenvalue weighted by molar-refractivity contribution is 0.415. The largest absolute Gasteiger partial charge is 0.508 e. The second-order valence-corrected chi connectivity index (χ2v) is 7.85. The van der Waals surface area contributed by atoms with Crippen LogP contribution in [-0.4, -0.2) is 17.2 Å². The predicted molar refractivity (Wildman–Crippen MR) is 129 cm³/mol. The van der Waals surface area contributed by atoms with E-state index >= 15 is 0 Å². The van der Waals surface area contributed by atoms with Crippen LogP contribution < -0.4 is 15.7 Å². The van der Waals surface area contributed by atoms with Crippen molar-refractivity contribution < 1.29 is 14.3 Å². The van der Waals surface area contributed by atoms with Crippen LogP contribution in [0.4, 0.5) is 0 Å². The van der Waals surface area contributed by atoms with Crippen LogP contribution >= 0.6 is 12.2 Å². The molecule has 0 fully saturated rings. The first-order valence-electron chi connectivity index (χ1n) is 10.4. The summed E-state index contributed by atoms with van der Waals surface area (Å²) in [5.41, 5.74) is 2.25. The molecular formula is C25H27NO4S. The molecule has 6 heteroatoms. The number of hydrogen-bond donors (Lipinski definition) is 2. The van der Waals surface area contributed by atoms with Gasteiger partial charge in [0.2, 0.25) is 0 Å². The molecule has 5 nitrogen and oxygen atoms in total. The van der Waals surface area contributed by atoms with Crippen molar-refractivity contribution >= 4 is 33.9 Å². The Morgan fingerprint density at radius 3 is 2.58 bits per heavy atom. The lowest BCUT2D eigenvalue weighted by Crippen LogP contribution is -2.25. The molecule has 1 heterocycles. The van der Waals surface area contributed by atoms with Gasteiger partial charge in [0.1, 0.15) is 22.1 Å². The van der Waals surface area contributed by atoms with Crippen LogP contribution in [0.3, 0.4) is 0 Å². The third kappa shape index (κ3) is 5.52. The Kier molecular flexibility index (Phi) is 7.47. The van der Waals surface area contributed by atoms with Crippen molar-refractivity contribution in [1.29, 1.82) is 0 Å². The number of thiocarbonyl (C=S) groups is 1. The average Bonchev–Trinajstić information content (AvgIpc) is 2.76. The van der Waals surface area contributed by atoms with Gasteiger partial charge in [0.15, 0.2) is 0 Å². The molecule has 0 atom stereocenters. The van der Waals surface area contributed by atoms with E-state index in [9.17, 15) is 9.90 Å². The molecule has 0 aliphatic carbocycles. The molecule has 0 spiro atoms. The number of phenolic OH excluding ortho intramolecular Hbond substituents is 1. The molecule has 0 aliphatic rings. The number of ether oxygens (including phenoxy) is 1. The first kappa shape index (κ1) is 22.6. The van der Waals surface area contributed by atoms with Gasteiger partial charge in [0.05, 0.1) is 12.7 Å². The maximum absolute atomic E-state index is 12.5. The molecule has 0 bridgehead atoms. The number of benzene rings is 2. The number of fused-ring (bicyclic) bond motifs is 1. The summed E-state index contributed by atoms with van der Waals surface area (Å²) in [5, 5.41) is 14.0. The molecule has 1 aromatic heterocycles. The molecule has 2 N–H and O–H groups in total. The molecule has 0 saturated carbocycles. The minimum Gasteiger partial charge on any atom is -0.508 e. The molecule has 0 unspecified atom stereocenters. The van der Waals surface area contributed by atoms with Crippen LogP contribution in [0.25, 0.3) is 16.7 Å². The van der Waals surface area contributed by atoms with Crippen LogP contribution in [0.5, 0.6) is 11.5 Å². The van der Waals surface area contributed by atoms with Crippen molar-refractivity contribution in [3.63, 3.8) is 0 Å². The zero-order chi connectivity index (χ0) is 22.4. The second kappa shape index (κ2) is 10.3. The summed E-state index contributed by atoms with van der Waals surface area (Å²) >= 11 is 5.45. The number of aromatic hydroxyl groups is 1. The number of phenols is 1. The third-order valence-corrected chi connectivity index (χ3v) is 5.50. The summed E-state index contributed by atoms with van der Waals surface area (Å²) in [4.78, 5) is 12.7. The fraction of sp³-hybridized carbons (Fsp3) is 0.280. The van der Waals surface area contributed by atoms with Gasteiger partial charge in [-0.05, 0) is 60.4 Å². The summed E-state index contributed by atoms with van der Waals surface area (Å²) in [7, 11) is 1.60. The maximum Gasteiger partial charge on any atom is 0.346 e. The summed E-state index contributed by atoms with van der Waals surface area (Å²) < 4.78 is 10.6. The summed E-state index contributed by atoms with van der Waals surface area (Å²) in [6.07, 6.45) is 5.21. The van der Waals surface area contributed by atoms with E-state index in [0.29, 0.717) is 11.3 Å². The Morgan fingerprint density at radius 2 is 1.90 bits per heavy atom. The van der Waals surface area contributed by atoms with Gasteiger partial charge in [0.25, 0.3) is 0 Å². The number of hydrogen-bond acceptors (Lipinski definition) is 5. The molecule has 0 amide bonds. The smallest absolute Gasteiger partial charge is 0.346 e. The topological polar surface area (TPSA) is 71.7 Å². The fourth-order valence-corrected chi connectivity index (χ4v) is 3.64. The minimum atomic E-state index is -0.567. The van der Waals surface area contributed by atoms with Crippen molar-refractivity contribution in [3.05, 3.63) is 76.2 Å². The van der Waals surface area contributed by atoms with Crippen LogP contribution in [0.2, 0.25) is 0 Å². The van der Waals surface area contributed by atoms with Gasteiger partial charge >= 0.3 is 5.63 Å². The highest BCUT2D eigenvalue weighted by Crippen LogP contribution is 2.27. The maximum atomic E-state index is 12.5. The molecule has 162 valence electrons. The van der Waals surface area contributed by atoms with Gasteiger partial charge in [0, 0.05) is 17.1 Å². The number of aryl methyl sites for hydroxylation is 1. The molecule has 3 rings (SSSR count). The number of unbranched alkanes of at least 4 members (excludes halogenated alkanes) is 3. The van der Waals surface area contributed by atoms with E-state index in [1.807, 2.05) is 30.3 Å². The molecular weight excluding hydrogens is 410 g/mol. The number of methoxy groups -OCH3 is 1. The first-order chi connectivity index (χ1) is 14.9. The highest BCUT2D eigenvalue weighted by atomic mass is 32.1. The van der Waals surface area contributed by atoms with E-state index < -0.39 is 5.63 Å². The Hall–Kier alpha value is -3.12. The van der Waals surface area contributed by atoms with Gasteiger partial charge < -0.3 is 19.6 Å². The number of rotatable bonds is 9. The standard InChI is InChI=1S/C25H27NO4S/c1-4-5-6-7-8-18-13-19-14-21(25(28)30-23(19)15-22(18)27)24(31)26-16(2)17-9-11-20(29-3)12-10-17/h9-15,27H,2,4-8H2,1,3H3,(H,26,31). The second-order valence-electron chi connectivity index (χ2n) is 7.44. The quantitative estimate of drug-likeness (QED) is 0.259. The lowest BCUT2D eigenvalue weighted by atomic mass is 10.0. The van der Waals surface area contributed by atoms with E-state index in [2.05, 4.69) is 18.8 Å².